The largest absolute Gasteiger partial charge is 0.330 e. The lowest BCUT2D eigenvalue weighted by Crippen LogP contribution is -2.22. The molecule has 88 valence electrons. The standard InChI is InChI=1S/C10H15N3O2S/c11-4-8-1-2-12(5-8)6-9-3-10(13(14)15)16-7-9/h3,7-8H,1-2,4-6,11H2. The number of nitrogens with two attached hydrogens (primary N) is 1. The fourth-order valence-electron chi connectivity index (χ4n) is 2.05. The maximum atomic E-state index is 10.5. The lowest BCUT2D eigenvalue weighted by molar-refractivity contribution is -0.380. The van der Waals surface area contributed by atoms with E-state index in [-0.39, 0.29) is 9.92 Å². The topological polar surface area (TPSA) is 72.4 Å². The quantitative estimate of drug-likeness (QED) is 0.639. The summed E-state index contributed by atoms with van der Waals surface area (Å²) in [5, 5.41) is 12.6. The Labute approximate surface area is 98.0 Å². The highest BCUT2D eigenvalue weighted by atomic mass is 32.1. The maximum absolute atomic E-state index is 10.5. The first-order valence-corrected chi connectivity index (χ1v) is 6.21. The third-order valence-electron chi connectivity index (χ3n) is 2.93. The van der Waals surface area contributed by atoms with Crippen molar-refractivity contribution in [3.05, 3.63) is 27.1 Å². The Bertz CT molecular complexity index is 380. The zero-order chi connectivity index (χ0) is 11.5. The van der Waals surface area contributed by atoms with Gasteiger partial charge in [-0.1, -0.05) is 11.3 Å². The molecule has 0 aliphatic carbocycles. The molecule has 0 saturated carbocycles. The van der Waals surface area contributed by atoms with Crippen LogP contribution in [-0.2, 0) is 6.54 Å². The molecule has 0 aromatic carbocycles. The first kappa shape index (κ1) is 11.5. The van der Waals surface area contributed by atoms with Crippen molar-refractivity contribution < 1.29 is 4.92 Å². The first-order chi connectivity index (χ1) is 7.69. The fourth-order valence-corrected chi connectivity index (χ4v) is 2.77. The molecule has 0 bridgehead atoms. The van der Waals surface area contributed by atoms with Crippen LogP contribution in [0, 0.1) is 16.0 Å². The Morgan fingerprint density at radius 1 is 1.69 bits per heavy atom. The third-order valence-corrected chi connectivity index (χ3v) is 3.86. The van der Waals surface area contributed by atoms with Gasteiger partial charge in [0.2, 0.25) is 0 Å². The summed E-state index contributed by atoms with van der Waals surface area (Å²) in [4.78, 5) is 12.5. The van der Waals surface area contributed by atoms with Crippen LogP contribution >= 0.6 is 11.3 Å². The number of nitrogens with zero attached hydrogens (tertiary/aromatic N) is 2. The third kappa shape index (κ3) is 2.58. The second kappa shape index (κ2) is 4.90. The van der Waals surface area contributed by atoms with Crippen molar-refractivity contribution in [1.29, 1.82) is 0 Å². The number of rotatable bonds is 4. The van der Waals surface area contributed by atoms with E-state index in [1.807, 2.05) is 5.38 Å². The molecule has 1 aliphatic heterocycles. The number of likely N-dealkylation sites (tertiary alicyclic amines) is 1. The van der Waals surface area contributed by atoms with Gasteiger partial charge < -0.3 is 5.73 Å². The van der Waals surface area contributed by atoms with Gasteiger partial charge in [-0.25, -0.2) is 0 Å². The molecule has 0 radical (unpaired) electrons. The van der Waals surface area contributed by atoms with E-state index in [0.29, 0.717) is 5.92 Å². The van der Waals surface area contributed by atoms with Gasteiger partial charge in [-0.05, 0) is 31.0 Å². The second-order valence-corrected chi connectivity index (χ2v) is 5.07. The summed E-state index contributed by atoms with van der Waals surface area (Å²) < 4.78 is 0. The van der Waals surface area contributed by atoms with E-state index < -0.39 is 0 Å². The van der Waals surface area contributed by atoms with E-state index >= 15 is 0 Å². The summed E-state index contributed by atoms with van der Waals surface area (Å²) >= 11 is 1.20. The Balaban J connectivity index is 1.92. The van der Waals surface area contributed by atoms with Gasteiger partial charge in [-0.15, -0.1) is 0 Å². The predicted octanol–water partition coefficient (Wildman–Crippen LogP) is 1.44. The van der Waals surface area contributed by atoms with Crippen molar-refractivity contribution in [1.82, 2.24) is 4.90 Å². The van der Waals surface area contributed by atoms with Gasteiger partial charge in [0.25, 0.3) is 0 Å². The van der Waals surface area contributed by atoms with E-state index in [1.54, 1.807) is 6.07 Å². The van der Waals surface area contributed by atoms with Crippen LogP contribution in [0.2, 0.25) is 0 Å². The molecular weight excluding hydrogens is 226 g/mol. The SMILES string of the molecule is NCC1CCN(Cc2csc([N+](=O)[O-])c2)C1. The molecule has 1 aromatic heterocycles. The van der Waals surface area contributed by atoms with Gasteiger partial charge in [-0.3, -0.25) is 15.0 Å². The molecule has 2 N–H and O–H groups in total. The number of hydrogen-bond acceptors (Lipinski definition) is 5. The molecule has 1 aromatic rings. The molecule has 1 saturated heterocycles. The van der Waals surface area contributed by atoms with Crippen molar-refractivity contribution in [3.8, 4) is 0 Å². The van der Waals surface area contributed by atoms with Gasteiger partial charge in [0.05, 0.1) is 4.92 Å². The molecule has 0 spiro atoms. The Kier molecular flexibility index (Phi) is 3.52. The highest BCUT2D eigenvalue weighted by Gasteiger charge is 2.22. The minimum atomic E-state index is -0.333. The average Bonchev–Trinajstić information content (AvgIpc) is 2.87. The molecule has 1 aliphatic rings. The van der Waals surface area contributed by atoms with E-state index in [1.165, 1.54) is 11.3 Å². The highest BCUT2D eigenvalue weighted by molar-refractivity contribution is 7.13. The Morgan fingerprint density at radius 2 is 2.50 bits per heavy atom. The van der Waals surface area contributed by atoms with Crippen LogP contribution in [0.15, 0.2) is 11.4 Å². The van der Waals surface area contributed by atoms with E-state index in [4.69, 9.17) is 5.73 Å². The Morgan fingerprint density at radius 3 is 3.06 bits per heavy atom. The molecule has 5 nitrogen and oxygen atoms in total. The van der Waals surface area contributed by atoms with Crippen molar-refractivity contribution >= 4 is 16.3 Å². The monoisotopic (exact) mass is 241 g/mol. The summed E-state index contributed by atoms with van der Waals surface area (Å²) in [5.74, 6) is 0.591. The molecule has 6 heteroatoms. The fraction of sp³-hybridized carbons (Fsp3) is 0.600. The van der Waals surface area contributed by atoms with Gasteiger partial charge in [-0.2, -0.15) is 0 Å². The van der Waals surface area contributed by atoms with Gasteiger partial charge in [0, 0.05) is 24.5 Å². The van der Waals surface area contributed by atoms with Crippen molar-refractivity contribution in [3.63, 3.8) is 0 Å². The minimum absolute atomic E-state index is 0.226. The van der Waals surface area contributed by atoms with Crippen LogP contribution in [0.5, 0.6) is 0 Å². The van der Waals surface area contributed by atoms with Crippen LogP contribution in [-0.4, -0.2) is 29.5 Å². The van der Waals surface area contributed by atoms with Crippen molar-refractivity contribution in [2.24, 2.45) is 11.7 Å². The average molecular weight is 241 g/mol. The lowest BCUT2D eigenvalue weighted by atomic mass is 10.1. The summed E-state index contributed by atoms with van der Waals surface area (Å²) in [5.41, 5.74) is 6.66. The van der Waals surface area contributed by atoms with Crippen LogP contribution < -0.4 is 5.73 Å². The summed E-state index contributed by atoms with van der Waals surface area (Å²) in [6, 6.07) is 1.67. The molecule has 0 amide bonds. The smallest absolute Gasteiger partial charge is 0.324 e. The van der Waals surface area contributed by atoms with E-state index in [2.05, 4.69) is 4.90 Å². The van der Waals surface area contributed by atoms with Gasteiger partial charge in [0.15, 0.2) is 0 Å². The first-order valence-electron chi connectivity index (χ1n) is 5.33. The van der Waals surface area contributed by atoms with Gasteiger partial charge in [0.1, 0.15) is 0 Å². The van der Waals surface area contributed by atoms with Crippen LogP contribution in [0.25, 0.3) is 0 Å². The second-order valence-electron chi connectivity index (χ2n) is 4.18. The number of nitro groups is 1. The zero-order valence-electron chi connectivity index (χ0n) is 8.96. The highest BCUT2D eigenvalue weighted by Crippen LogP contribution is 2.25. The van der Waals surface area contributed by atoms with Gasteiger partial charge >= 0.3 is 5.00 Å². The zero-order valence-corrected chi connectivity index (χ0v) is 9.78. The molecule has 16 heavy (non-hydrogen) atoms. The van der Waals surface area contributed by atoms with Crippen molar-refractivity contribution in [2.75, 3.05) is 19.6 Å². The predicted molar refractivity (Wildman–Crippen MR) is 63.4 cm³/mol. The number of thiophene rings is 1. The molecule has 2 rings (SSSR count). The molecule has 1 unspecified atom stereocenters. The summed E-state index contributed by atoms with van der Waals surface area (Å²) in [6.07, 6.45) is 1.14. The van der Waals surface area contributed by atoms with Crippen molar-refractivity contribution in [2.45, 2.75) is 13.0 Å². The summed E-state index contributed by atoms with van der Waals surface area (Å²) in [6.45, 7) is 3.60. The lowest BCUT2D eigenvalue weighted by Gasteiger charge is -2.13. The minimum Gasteiger partial charge on any atom is -0.330 e. The van der Waals surface area contributed by atoms with Crippen LogP contribution in [0.4, 0.5) is 5.00 Å². The molecule has 1 atom stereocenters. The van der Waals surface area contributed by atoms with E-state index in [0.717, 1.165) is 38.2 Å². The van der Waals surface area contributed by atoms with Crippen LogP contribution in [0.3, 0.4) is 0 Å². The summed E-state index contributed by atoms with van der Waals surface area (Å²) in [7, 11) is 0. The molecule has 2 heterocycles. The maximum Gasteiger partial charge on any atom is 0.324 e. The van der Waals surface area contributed by atoms with E-state index in [9.17, 15) is 10.1 Å². The van der Waals surface area contributed by atoms with Crippen LogP contribution in [0.1, 0.15) is 12.0 Å². The Hall–Kier alpha value is -0.980. The molecule has 1 fully saturated rings. The number of hydrogen-bond donors (Lipinski definition) is 1. The normalized spacial score (nSPS) is 21.4. The molecular formula is C10H15N3O2S.